The summed E-state index contributed by atoms with van der Waals surface area (Å²) in [5, 5.41) is 0.631. The number of hydrogen-bond acceptors (Lipinski definition) is 7. The van der Waals surface area contributed by atoms with Gasteiger partial charge in [0.05, 0.1) is 37.4 Å². The van der Waals surface area contributed by atoms with E-state index in [1.807, 2.05) is 103 Å². The van der Waals surface area contributed by atoms with Crippen LogP contribution in [0.15, 0.2) is 120 Å². The van der Waals surface area contributed by atoms with E-state index in [1.54, 1.807) is 23.3 Å². The van der Waals surface area contributed by atoms with E-state index < -0.39 is 12.0 Å². The Morgan fingerprint density at radius 3 is 2.36 bits per heavy atom. The van der Waals surface area contributed by atoms with Gasteiger partial charge >= 0.3 is 5.97 Å². The van der Waals surface area contributed by atoms with Crippen molar-refractivity contribution in [3.63, 3.8) is 0 Å². The van der Waals surface area contributed by atoms with Crippen LogP contribution in [0, 0.1) is 0 Å². The second-order valence-electron chi connectivity index (χ2n) is 10.4. The number of nitrogens with zero attached hydrogens (tertiary/aromatic N) is 2. The zero-order chi connectivity index (χ0) is 33.1. The Kier molecular flexibility index (Phi) is 10.5. The smallest absolute Gasteiger partial charge is 0.338 e. The third-order valence-corrected chi connectivity index (χ3v) is 10.7. The molecule has 0 spiro atoms. The fraction of sp³-hybridized carbons (Fsp3) is 0.139. The molecule has 5 aromatic rings. The van der Waals surface area contributed by atoms with Crippen molar-refractivity contribution in [3.05, 3.63) is 152 Å². The first kappa shape index (κ1) is 33.5. The number of ether oxygens (including phenoxy) is 2. The summed E-state index contributed by atoms with van der Waals surface area (Å²) in [6, 6.07) is 28.0. The van der Waals surface area contributed by atoms with Crippen LogP contribution in [-0.4, -0.2) is 23.4 Å². The van der Waals surface area contributed by atoms with Crippen molar-refractivity contribution in [1.29, 1.82) is 0 Å². The summed E-state index contributed by atoms with van der Waals surface area (Å²) < 4.78 is 15.2. The molecule has 2 heterocycles. The second-order valence-corrected chi connectivity index (χ2v) is 14.4. The van der Waals surface area contributed by atoms with E-state index in [-0.39, 0.29) is 12.2 Å². The van der Waals surface area contributed by atoms with Crippen molar-refractivity contribution in [2.45, 2.75) is 24.5 Å². The van der Waals surface area contributed by atoms with Gasteiger partial charge in [0.2, 0.25) is 0 Å². The third kappa shape index (κ3) is 7.07. The lowest BCUT2D eigenvalue weighted by Crippen LogP contribution is -2.40. The first-order chi connectivity index (χ1) is 22.8. The van der Waals surface area contributed by atoms with Crippen molar-refractivity contribution in [2.75, 3.05) is 12.9 Å². The maximum absolute atomic E-state index is 14.3. The highest BCUT2D eigenvalue weighted by Gasteiger charge is 2.35. The highest BCUT2D eigenvalue weighted by atomic mass is 79.9. The molecule has 0 aliphatic carbocycles. The Hall–Kier alpha value is -3.41. The molecule has 1 aromatic heterocycles. The zero-order valence-electron chi connectivity index (χ0n) is 25.2. The number of aromatic nitrogens is 1. The normalized spacial score (nSPS) is 14.5. The molecule has 47 heavy (non-hydrogen) atoms. The molecule has 0 radical (unpaired) electrons. The fourth-order valence-corrected chi connectivity index (χ4v) is 8.31. The first-order valence-electron chi connectivity index (χ1n) is 14.6. The van der Waals surface area contributed by atoms with Gasteiger partial charge in [-0.1, -0.05) is 83.6 Å². The van der Waals surface area contributed by atoms with Gasteiger partial charge in [-0.15, -0.1) is 11.8 Å². The molecule has 238 valence electrons. The van der Waals surface area contributed by atoms with E-state index in [4.69, 9.17) is 26.1 Å². The van der Waals surface area contributed by atoms with E-state index in [1.165, 1.54) is 11.3 Å². The summed E-state index contributed by atoms with van der Waals surface area (Å²) in [6.45, 7) is 2.25. The van der Waals surface area contributed by atoms with Crippen LogP contribution >= 0.6 is 66.6 Å². The summed E-state index contributed by atoms with van der Waals surface area (Å²) in [6.07, 6.45) is 3.82. The minimum atomic E-state index is -0.738. The number of esters is 1. The van der Waals surface area contributed by atoms with Crippen molar-refractivity contribution >= 4 is 84.3 Å². The van der Waals surface area contributed by atoms with Crippen LogP contribution in [0.1, 0.15) is 35.2 Å². The maximum atomic E-state index is 14.3. The summed E-state index contributed by atoms with van der Waals surface area (Å²) in [5.74, 6) is 0.104. The van der Waals surface area contributed by atoms with Gasteiger partial charge in [-0.2, -0.15) is 0 Å². The summed E-state index contributed by atoms with van der Waals surface area (Å²) in [7, 11) is 0. The predicted octanol–water partition coefficient (Wildman–Crippen LogP) is 8.41. The van der Waals surface area contributed by atoms with Crippen molar-refractivity contribution < 1.29 is 14.3 Å². The van der Waals surface area contributed by atoms with Gasteiger partial charge in [0.15, 0.2) is 4.80 Å². The first-order valence-corrected chi connectivity index (χ1v) is 18.6. The van der Waals surface area contributed by atoms with Crippen molar-refractivity contribution in [1.82, 2.24) is 4.57 Å². The Labute approximate surface area is 301 Å². The van der Waals surface area contributed by atoms with Crippen LogP contribution in [-0.2, 0) is 16.1 Å². The number of thioether (sulfide) groups is 1. The highest BCUT2D eigenvalue weighted by Crippen LogP contribution is 2.37. The Balaban J connectivity index is 1.48. The number of hydrogen-bond donors (Lipinski definition) is 0. The molecule has 6 rings (SSSR count). The monoisotopic (exact) mass is 808 g/mol. The fourth-order valence-electron chi connectivity index (χ4n) is 5.26. The number of rotatable bonds is 9. The second kappa shape index (κ2) is 14.8. The Morgan fingerprint density at radius 1 is 1.02 bits per heavy atom. The summed E-state index contributed by atoms with van der Waals surface area (Å²) in [4.78, 5) is 34.4. The van der Waals surface area contributed by atoms with E-state index >= 15 is 0 Å². The minimum absolute atomic E-state index is 0.189. The third-order valence-electron chi connectivity index (χ3n) is 7.45. The Bertz CT molecular complexity index is 2160. The lowest BCUT2D eigenvalue weighted by atomic mass is 9.93. The van der Waals surface area contributed by atoms with Gasteiger partial charge in [-0.05, 0) is 92.6 Å². The molecule has 6 nitrogen and oxygen atoms in total. The van der Waals surface area contributed by atoms with Gasteiger partial charge in [-0.3, -0.25) is 9.36 Å². The van der Waals surface area contributed by atoms with Gasteiger partial charge < -0.3 is 9.47 Å². The number of carbonyl (C=O) groups excluding carboxylic acids is 1. The van der Waals surface area contributed by atoms with Crippen LogP contribution in [0.3, 0.4) is 0 Å². The lowest BCUT2D eigenvalue weighted by Gasteiger charge is -2.26. The minimum Gasteiger partial charge on any atom is -0.486 e. The largest absolute Gasteiger partial charge is 0.486 e. The molecule has 0 amide bonds. The average molecular weight is 811 g/mol. The van der Waals surface area contributed by atoms with Crippen LogP contribution in [0.4, 0.5) is 0 Å². The molecule has 0 saturated heterocycles. The number of fused-ring (bicyclic) bond motifs is 1. The molecule has 0 fully saturated rings. The Morgan fingerprint density at radius 2 is 1.70 bits per heavy atom. The van der Waals surface area contributed by atoms with Crippen molar-refractivity contribution in [2.24, 2.45) is 4.99 Å². The highest BCUT2D eigenvalue weighted by molar-refractivity contribution is 9.11. The van der Waals surface area contributed by atoms with Gasteiger partial charge in [-0.25, -0.2) is 9.79 Å². The average Bonchev–Trinajstić information content (AvgIpc) is 3.38. The van der Waals surface area contributed by atoms with Crippen LogP contribution < -0.4 is 19.6 Å². The molecule has 0 N–H and O–H groups in total. The standard InChI is InChI=1S/C36H27Br2ClN2O4S2/c1-3-44-35(43)30-31(22-9-5-4-6-10-22)40-36-41(32(30)23-13-15-25(46-2)16-14-23)34(42)29(47-36)19-21-17-26(37)33(27(38)18-21)45-20-24-11-7-8-12-28(24)39/h4-19,32H,3,20H2,1-2H3/b29-19-/t32-/m1/s1. The summed E-state index contributed by atoms with van der Waals surface area (Å²) in [5.41, 5.74) is 3.74. The van der Waals surface area contributed by atoms with E-state index in [0.717, 1.165) is 27.1 Å². The van der Waals surface area contributed by atoms with Crippen molar-refractivity contribution in [3.8, 4) is 5.75 Å². The van der Waals surface area contributed by atoms with E-state index in [2.05, 4.69) is 31.9 Å². The zero-order valence-corrected chi connectivity index (χ0v) is 30.8. The molecule has 11 heteroatoms. The number of carbonyl (C=O) groups is 1. The summed E-state index contributed by atoms with van der Waals surface area (Å²) >= 11 is 16.5. The molecule has 1 aliphatic rings. The lowest BCUT2D eigenvalue weighted by molar-refractivity contribution is -0.138. The topological polar surface area (TPSA) is 69.9 Å². The number of halogens is 3. The number of benzene rings is 4. The quantitative estimate of drug-likeness (QED) is 0.111. The van der Waals surface area contributed by atoms with Gasteiger partial charge in [0, 0.05) is 21.0 Å². The van der Waals surface area contributed by atoms with Gasteiger partial charge in [0.25, 0.3) is 5.56 Å². The molecule has 1 aliphatic heterocycles. The maximum Gasteiger partial charge on any atom is 0.338 e. The molecule has 1 atom stereocenters. The van der Waals surface area contributed by atoms with Crippen LogP contribution in [0.5, 0.6) is 5.75 Å². The van der Waals surface area contributed by atoms with Gasteiger partial charge in [0.1, 0.15) is 12.4 Å². The molecule has 0 bridgehead atoms. The molecule has 0 unspecified atom stereocenters. The van der Waals surface area contributed by atoms with E-state index in [9.17, 15) is 9.59 Å². The molecule has 0 saturated carbocycles. The SMILES string of the molecule is CCOC(=O)C1=C(c2ccccc2)N=c2s/c(=C\c3cc(Br)c(OCc4ccccc4Cl)c(Br)c3)c(=O)n2[C@@H]1c1ccc(SC)cc1. The molecule has 4 aromatic carbocycles. The molecular weight excluding hydrogens is 784 g/mol. The van der Waals surface area contributed by atoms with E-state index in [0.29, 0.717) is 46.9 Å². The van der Waals surface area contributed by atoms with Crippen LogP contribution in [0.2, 0.25) is 5.02 Å². The van der Waals surface area contributed by atoms with Crippen LogP contribution in [0.25, 0.3) is 11.8 Å². The molecular formula is C36H27Br2ClN2O4S2. The number of thiazole rings is 1. The predicted molar refractivity (Wildman–Crippen MR) is 197 cm³/mol.